The fraction of sp³-hybridized carbons (Fsp3) is 0.553. The number of Topliss-reactive ketones (excluding diaryl/α,β-unsaturated/α-hetero) is 2. The average Bonchev–Trinajstić information content (AvgIpc) is 3.15. The SMILES string of the molecule is C=C(C)C(O)CC[C@]1(C)CCc2c(O)c3c(c(CC=C(C)C)c2O1)O[C@]12C(=C[C@@H]4CC1C(C)(C)O[C@]2(C/C=C(/C)OC=O)C4=O)C3=O. The first-order chi connectivity index (χ1) is 22.0. The number of aromatic hydroxyl groups is 1. The zero-order valence-electron chi connectivity index (χ0n) is 28.5. The fourth-order valence-corrected chi connectivity index (χ4v) is 8.56. The Labute approximate surface area is 276 Å². The van der Waals surface area contributed by atoms with Crippen molar-refractivity contribution < 1.29 is 43.5 Å². The molecule has 1 saturated carbocycles. The van der Waals surface area contributed by atoms with E-state index in [1.807, 2.05) is 40.7 Å². The highest BCUT2D eigenvalue weighted by Crippen LogP contribution is 2.68. The number of allylic oxidation sites excluding steroid dienone is 4. The first kappa shape index (κ1) is 33.2. The lowest BCUT2D eigenvalue weighted by atomic mass is 9.51. The molecule has 1 aromatic carbocycles. The summed E-state index contributed by atoms with van der Waals surface area (Å²) in [6.45, 7) is 17.4. The van der Waals surface area contributed by atoms with Crippen molar-refractivity contribution >= 4 is 18.0 Å². The number of phenolic OH excluding ortho intramolecular Hbond substituents is 1. The number of carbonyl (C=O) groups is 3. The zero-order valence-corrected chi connectivity index (χ0v) is 28.5. The maximum absolute atomic E-state index is 14.8. The zero-order chi connectivity index (χ0) is 34.3. The third-order valence-corrected chi connectivity index (χ3v) is 11.1. The molecule has 0 amide bonds. The van der Waals surface area contributed by atoms with E-state index in [-0.39, 0.29) is 41.0 Å². The summed E-state index contributed by atoms with van der Waals surface area (Å²) in [4.78, 5) is 40.2. The van der Waals surface area contributed by atoms with Gasteiger partial charge in [-0.15, -0.1) is 0 Å². The summed E-state index contributed by atoms with van der Waals surface area (Å²) in [6, 6.07) is 0. The highest BCUT2D eigenvalue weighted by molar-refractivity contribution is 6.18. The first-order valence-corrected chi connectivity index (χ1v) is 16.6. The van der Waals surface area contributed by atoms with Crippen LogP contribution in [0.5, 0.6) is 17.2 Å². The number of hydrogen-bond donors (Lipinski definition) is 2. The van der Waals surface area contributed by atoms with Crippen molar-refractivity contribution in [2.24, 2.45) is 11.8 Å². The summed E-state index contributed by atoms with van der Waals surface area (Å²) in [5, 5.41) is 22.3. The smallest absolute Gasteiger partial charge is 0.298 e. The first-order valence-electron chi connectivity index (χ1n) is 16.6. The Morgan fingerprint density at radius 2 is 1.85 bits per heavy atom. The van der Waals surface area contributed by atoms with Crippen molar-refractivity contribution in [1.29, 1.82) is 0 Å². The number of phenols is 1. The molecule has 4 bridgehead atoms. The van der Waals surface area contributed by atoms with Gasteiger partial charge in [0.25, 0.3) is 6.47 Å². The molecule has 2 N–H and O–H groups in total. The summed E-state index contributed by atoms with van der Waals surface area (Å²) >= 11 is 0. The van der Waals surface area contributed by atoms with Gasteiger partial charge in [-0.2, -0.15) is 0 Å². The van der Waals surface area contributed by atoms with Gasteiger partial charge in [0.1, 0.15) is 34.2 Å². The molecule has 9 heteroatoms. The Kier molecular flexibility index (Phi) is 7.91. The third kappa shape index (κ3) is 4.83. The van der Waals surface area contributed by atoms with Crippen LogP contribution in [0.1, 0.15) is 102 Å². The van der Waals surface area contributed by atoms with Gasteiger partial charge in [-0.05, 0) is 93.1 Å². The van der Waals surface area contributed by atoms with Crippen molar-refractivity contribution in [3.05, 3.63) is 64.0 Å². The van der Waals surface area contributed by atoms with Crippen LogP contribution in [0.3, 0.4) is 0 Å². The maximum Gasteiger partial charge on any atom is 0.298 e. The Morgan fingerprint density at radius 3 is 2.51 bits per heavy atom. The summed E-state index contributed by atoms with van der Waals surface area (Å²) in [7, 11) is 0. The van der Waals surface area contributed by atoms with E-state index >= 15 is 0 Å². The number of aliphatic hydroxyl groups is 1. The molecule has 3 aliphatic heterocycles. The molecule has 3 aliphatic carbocycles. The van der Waals surface area contributed by atoms with Gasteiger partial charge < -0.3 is 29.2 Å². The van der Waals surface area contributed by atoms with Gasteiger partial charge in [0, 0.05) is 35.0 Å². The van der Waals surface area contributed by atoms with Gasteiger partial charge >= 0.3 is 0 Å². The molecule has 0 radical (unpaired) electrons. The molecule has 6 aliphatic rings. The van der Waals surface area contributed by atoms with Gasteiger partial charge in [-0.3, -0.25) is 14.4 Å². The molecule has 2 fully saturated rings. The third-order valence-electron chi connectivity index (χ3n) is 11.1. The predicted molar refractivity (Wildman–Crippen MR) is 174 cm³/mol. The lowest BCUT2D eigenvalue weighted by Crippen LogP contribution is -2.72. The maximum atomic E-state index is 14.8. The number of fused-ring (bicyclic) bond motifs is 2. The molecular weight excluding hydrogens is 600 g/mol. The molecule has 252 valence electrons. The van der Waals surface area contributed by atoms with Crippen molar-refractivity contribution in [1.82, 2.24) is 0 Å². The number of benzene rings is 1. The lowest BCUT2D eigenvalue weighted by molar-refractivity contribution is -0.171. The minimum Gasteiger partial charge on any atom is -0.507 e. The predicted octanol–water partition coefficient (Wildman–Crippen LogP) is 6.18. The van der Waals surface area contributed by atoms with Crippen LogP contribution in [0.4, 0.5) is 0 Å². The van der Waals surface area contributed by atoms with Gasteiger partial charge in [-0.1, -0.05) is 29.9 Å². The Hall–Kier alpha value is -3.69. The second-order valence-corrected chi connectivity index (χ2v) is 15.0. The molecule has 7 rings (SSSR count). The number of ketones is 2. The van der Waals surface area contributed by atoms with Crippen LogP contribution in [0, 0.1) is 11.8 Å². The standard InChI is InChI=1S/C38H46O9/c1-20(2)9-10-25-32-24(12-14-36(8,45-32)15-13-27(40)21(3)4)30(41)29-31(42)26-17-23-18-28-35(6,7)47-37(34(23)43,16-11-22(5)44-19-39)38(26,28)46-33(25)29/h9,11,17,19,23,27-28,40-41H,3,10,12-16,18H2,1-2,4-8H3/b22-11-/t23-,27?,28?,36+,37-,38-/m1/s1. The average molecular weight is 647 g/mol. The molecule has 0 aromatic heterocycles. The fourth-order valence-electron chi connectivity index (χ4n) is 8.56. The van der Waals surface area contributed by atoms with E-state index in [9.17, 15) is 24.6 Å². The van der Waals surface area contributed by atoms with E-state index in [0.717, 1.165) is 5.57 Å². The largest absolute Gasteiger partial charge is 0.507 e. The van der Waals surface area contributed by atoms with Crippen LogP contribution in [-0.4, -0.2) is 56.8 Å². The monoisotopic (exact) mass is 646 g/mol. The molecular formula is C38H46O9. The lowest BCUT2D eigenvalue weighted by Gasteiger charge is -2.56. The van der Waals surface area contributed by atoms with E-state index in [1.54, 1.807) is 26.0 Å². The van der Waals surface area contributed by atoms with Crippen LogP contribution in [0.25, 0.3) is 0 Å². The summed E-state index contributed by atoms with van der Waals surface area (Å²) in [6.07, 6.45) is 7.65. The number of aliphatic hydroxyl groups excluding tert-OH is 1. The molecule has 2 unspecified atom stereocenters. The number of rotatable bonds is 10. The second kappa shape index (κ2) is 11.2. The van der Waals surface area contributed by atoms with E-state index < -0.39 is 34.4 Å². The van der Waals surface area contributed by atoms with Crippen molar-refractivity contribution in [3.8, 4) is 17.2 Å². The van der Waals surface area contributed by atoms with Crippen LogP contribution in [0.2, 0.25) is 0 Å². The molecule has 1 spiro atoms. The summed E-state index contributed by atoms with van der Waals surface area (Å²) < 4.78 is 25.8. The molecule has 1 saturated heterocycles. The summed E-state index contributed by atoms with van der Waals surface area (Å²) in [5.41, 5.74) is -1.20. The Balaban J connectivity index is 1.55. The highest BCUT2D eigenvalue weighted by Gasteiger charge is 2.81. The van der Waals surface area contributed by atoms with Gasteiger partial charge in [0.15, 0.2) is 22.8 Å². The topological polar surface area (TPSA) is 129 Å². The number of carbonyl (C=O) groups excluding carboxylic acids is 3. The molecule has 6 atom stereocenters. The molecule has 1 aromatic rings. The molecule has 9 nitrogen and oxygen atoms in total. The van der Waals surface area contributed by atoms with Gasteiger partial charge in [0.05, 0.1) is 11.7 Å². The van der Waals surface area contributed by atoms with E-state index in [1.165, 1.54) is 0 Å². The van der Waals surface area contributed by atoms with Crippen LogP contribution >= 0.6 is 0 Å². The minimum absolute atomic E-state index is 0.0295. The second-order valence-electron chi connectivity index (χ2n) is 15.0. The highest BCUT2D eigenvalue weighted by atomic mass is 16.6. The van der Waals surface area contributed by atoms with E-state index in [2.05, 4.69) is 6.58 Å². The molecule has 3 heterocycles. The van der Waals surface area contributed by atoms with Crippen molar-refractivity contribution in [2.75, 3.05) is 0 Å². The number of ether oxygens (including phenoxy) is 4. The van der Waals surface area contributed by atoms with Gasteiger partial charge in [-0.25, -0.2) is 0 Å². The number of hydrogen-bond acceptors (Lipinski definition) is 9. The van der Waals surface area contributed by atoms with Crippen LogP contribution in [0.15, 0.2) is 47.3 Å². The van der Waals surface area contributed by atoms with E-state index in [0.29, 0.717) is 78.8 Å². The minimum atomic E-state index is -1.57. The van der Waals surface area contributed by atoms with Crippen LogP contribution in [-0.2, 0) is 31.9 Å². The van der Waals surface area contributed by atoms with Gasteiger partial charge in [0.2, 0.25) is 0 Å². The van der Waals surface area contributed by atoms with Crippen LogP contribution < -0.4 is 9.47 Å². The normalized spacial score (nSPS) is 31.8. The van der Waals surface area contributed by atoms with Crippen molar-refractivity contribution in [2.45, 2.75) is 122 Å². The van der Waals surface area contributed by atoms with E-state index in [4.69, 9.17) is 18.9 Å². The summed E-state index contributed by atoms with van der Waals surface area (Å²) in [5.74, 6) is -0.648. The molecule has 47 heavy (non-hydrogen) atoms. The quantitative estimate of drug-likeness (QED) is 0.174. The Morgan fingerprint density at radius 1 is 1.13 bits per heavy atom. The Bertz CT molecular complexity index is 1670. The van der Waals surface area contributed by atoms with Crippen molar-refractivity contribution in [3.63, 3.8) is 0 Å².